The Morgan fingerprint density at radius 3 is 2.20 bits per heavy atom. The SMILES string of the molecule is CCCC1C2CC3CC(C2)CC1(O)C3.N. The molecule has 0 radical (unpaired) electrons. The third kappa shape index (κ3) is 1.62. The van der Waals surface area contributed by atoms with Crippen LogP contribution in [0.4, 0.5) is 0 Å². The van der Waals surface area contributed by atoms with Crippen LogP contribution in [0.2, 0.25) is 0 Å². The van der Waals surface area contributed by atoms with Gasteiger partial charge in [-0.2, -0.15) is 0 Å². The Labute approximate surface area is 93.0 Å². The Balaban J connectivity index is 0.000000853. The second kappa shape index (κ2) is 3.74. The largest absolute Gasteiger partial charge is 0.390 e. The molecule has 4 rings (SSSR count). The molecule has 0 aromatic carbocycles. The van der Waals surface area contributed by atoms with E-state index in [-0.39, 0.29) is 11.8 Å². The zero-order valence-electron chi connectivity index (χ0n) is 9.91. The fourth-order valence-corrected chi connectivity index (χ4v) is 4.92. The van der Waals surface area contributed by atoms with Crippen molar-refractivity contribution in [3.05, 3.63) is 0 Å². The second-order valence-corrected chi connectivity index (χ2v) is 6.11. The molecule has 0 saturated heterocycles. The summed E-state index contributed by atoms with van der Waals surface area (Å²) < 4.78 is 0. The summed E-state index contributed by atoms with van der Waals surface area (Å²) in [6.45, 7) is 2.26. The lowest BCUT2D eigenvalue weighted by atomic mass is 9.49. The van der Waals surface area contributed by atoms with Gasteiger partial charge in [-0.05, 0) is 62.2 Å². The summed E-state index contributed by atoms with van der Waals surface area (Å²) in [7, 11) is 0. The molecule has 88 valence electrons. The van der Waals surface area contributed by atoms with E-state index in [1.807, 2.05) is 0 Å². The number of rotatable bonds is 2. The highest BCUT2D eigenvalue weighted by Crippen LogP contribution is 2.59. The van der Waals surface area contributed by atoms with Gasteiger partial charge < -0.3 is 11.3 Å². The average Bonchev–Trinajstić information content (AvgIpc) is 2.09. The van der Waals surface area contributed by atoms with Gasteiger partial charge in [0.25, 0.3) is 0 Å². The van der Waals surface area contributed by atoms with Gasteiger partial charge in [0.1, 0.15) is 0 Å². The first kappa shape index (κ1) is 11.4. The molecule has 4 saturated carbocycles. The average molecular weight is 211 g/mol. The molecule has 2 nitrogen and oxygen atoms in total. The molecule has 0 aromatic rings. The van der Waals surface area contributed by atoms with Crippen LogP contribution in [0.3, 0.4) is 0 Å². The maximum absolute atomic E-state index is 10.7. The van der Waals surface area contributed by atoms with Crippen molar-refractivity contribution in [1.29, 1.82) is 0 Å². The lowest BCUT2D eigenvalue weighted by molar-refractivity contribution is -0.173. The van der Waals surface area contributed by atoms with Gasteiger partial charge >= 0.3 is 0 Å². The first-order valence-corrected chi connectivity index (χ1v) is 6.43. The molecule has 0 aliphatic heterocycles. The summed E-state index contributed by atoms with van der Waals surface area (Å²) in [6, 6.07) is 0. The monoisotopic (exact) mass is 211 g/mol. The predicted molar refractivity (Wildman–Crippen MR) is 61.9 cm³/mol. The van der Waals surface area contributed by atoms with Gasteiger partial charge in [0.05, 0.1) is 5.60 Å². The molecule has 2 heteroatoms. The maximum Gasteiger partial charge on any atom is 0.0683 e. The minimum Gasteiger partial charge on any atom is -0.390 e. The zero-order chi connectivity index (χ0) is 9.76. The highest BCUT2D eigenvalue weighted by molar-refractivity contribution is 5.06. The molecule has 4 bridgehead atoms. The lowest BCUT2D eigenvalue weighted by Crippen LogP contribution is -2.57. The Bertz CT molecular complexity index is 227. The molecular weight excluding hydrogens is 186 g/mol. The molecule has 0 heterocycles. The number of hydrogen-bond acceptors (Lipinski definition) is 2. The summed E-state index contributed by atoms with van der Waals surface area (Å²) in [6.07, 6.45) is 9.07. The third-order valence-corrected chi connectivity index (χ3v) is 5.08. The van der Waals surface area contributed by atoms with Crippen LogP contribution in [0.25, 0.3) is 0 Å². The standard InChI is InChI=1S/C13H22O.H3N/c1-2-3-12-11-5-9-4-10(6-11)8-13(12,14)7-9;/h9-12,14H,2-8H2,1H3;1H3. The van der Waals surface area contributed by atoms with Crippen molar-refractivity contribution < 1.29 is 5.11 Å². The summed E-state index contributed by atoms with van der Waals surface area (Å²) in [5.41, 5.74) is -0.231. The van der Waals surface area contributed by atoms with Crippen molar-refractivity contribution in [3.8, 4) is 0 Å². The van der Waals surface area contributed by atoms with Crippen molar-refractivity contribution in [2.75, 3.05) is 0 Å². The molecule has 0 spiro atoms. The molecule has 3 unspecified atom stereocenters. The summed E-state index contributed by atoms with van der Waals surface area (Å²) in [5, 5.41) is 10.7. The van der Waals surface area contributed by atoms with E-state index in [1.54, 1.807) is 0 Å². The van der Waals surface area contributed by atoms with Crippen LogP contribution in [0.15, 0.2) is 0 Å². The van der Waals surface area contributed by atoms with E-state index >= 15 is 0 Å². The van der Waals surface area contributed by atoms with E-state index in [2.05, 4.69) is 6.92 Å². The van der Waals surface area contributed by atoms with Gasteiger partial charge in [-0.25, -0.2) is 0 Å². The maximum atomic E-state index is 10.7. The quantitative estimate of drug-likeness (QED) is 0.737. The molecule has 4 aliphatic carbocycles. The van der Waals surface area contributed by atoms with Crippen LogP contribution in [0, 0.1) is 23.7 Å². The van der Waals surface area contributed by atoms with Crippen LogP contribution in [0.1, 0.15) is 51.9 Å². The zero-order valence-corrected chi connectivity index (χ0v) is 9.91. The molecular formula is C13H25NO. The van der Waals surface area contributed by atoms with E-state index in [0.717, 1.165) is 30.6 Å². The third-order valence-electron chi connectivity index (χ3n) is 5.08. The highest BCUT2D eigenvalue weighted by Gasteiger charge is 2.55. The van der Waals surface area contributed by atoms with Crippen molar-refractivity contribution in [3.63, 3.8) is 0 Å². The Hall–Kier alpha value is -0.0800. The normalized spacial score (nSPS) is 51.6. The molecule has 4 aliphatic rings. The van der Waals surface area contributed by atoms with Gasteiger partial charge in [0.15, 0.2) is 0 Å². The highest BCUT2D eigenvalue weighted by atomic mass is 16.3. The topological polar surface area (TPSA) is 55.2 Å². The summed E-state index contributed by atoms with van der Waals surface area (Å²) >= 11 is 0. The summed E-state index contributed by atoms with van der Waals surface area (Å²) in [5.74, 6) is 3.29. The smallest absolute Gasteiger partial charge is 0.0683 e. The van der Waals surface area contributed by atoms with Crippen LogP contribution in [0.5, 0.6) is 0 Å². The van der Waals surface area contributed by atoms with Crippen LogP contribution >= 0.6 is 0 Å². The van der Waals surface area contributed by atoms with E-state index in [1.165, 1.54) is 32.1 Å². The fourth-order valence-electron chi connectivity index (χ4n) is 4.92. The predicted octanol–water partition coefficient (Wildman–Crippen LogP) is 3.14. The Morgan fingerprint density at radius 2 is 1.73 bits per heavy atom. The van der Waals surface area contributed by atoms with Crippen LogP contribution in [-0.4, -0.2) is 10.7 Å². The minimum absolute atomic E-state index is 0. The van der Waals surface area contributed by atoms with Gasteiger partial charge in [-0.1, -0.05) is 13.3 Å². The van der Waals surface area contributed by atoms with Crippen molar-refractivity contribution in [1.82, 2.24) is 6.15 Å². The molecule has 15 heavy (non-hydrogen) atoms. The van der Waals surface area contributed by atoms with Crippen molar-refractivity contribution in [2.45, 2.75) is 57.5 Å². The summed E-state index contributed by atoms with van der Waals surface area (Å²) in [4.78, 5) is 0. The van der Waals surface area contributed by atoms with Crippen LogP contribution in [-0.2, 0) is 0 Å². The molecule has 0 aromatic heterocycles. The lowest BCUT2D eigenvalue weighted by Gasteiger charge is -2.59. The Kier molecular flexibility index (Phi) is 2.85. The number of aliphatic hydroxyl groups is 1. The van der Waals surface area contributed by atoms with E-state index in [9.17, 15) is 5.11 Å². The first-order valence-electron chi connectivity index (χ1n) is 6.43. The molecule has 3 atom stereocenters. The molecule has 4 N–H and O–H groups in total. The van der Waals surface area contributed by atoms with Gasteiger partial charge in [0, 0.05) is 0 Å². The van der Waals surface area contributed by atoms with E-state index in [4.69, 9.17) is 0 Å². The number of hydrogen-bond donors (Lipinski definition) is 2. The Morgan fingerprint density at radius 1 is 1.13 bits per heavy atom. The van der Waals surface area contributed by atoms with Gasteiger partial charge in [-0.3, -0.25) is 0 Å². The molecule has 4 fully saturated rings. The van der Waals surface area contributed by atoms with Crippen LogP contribution < -0.4 is 6.15 Å². The van der Waals surface area contributed by atoms with Crippen molar-refractivity contribution in [2.24, 2.45) is 23.7 Å². The van der Waals surface area contributed by atoms with Gasteiger partial charge in [0.2, 0.25) is 0 Å². The van der Waals surface area contributed by atoms with E-state index in [0.29, 0.717) is 5.92 Å². The minimum atomic E-state index is -0.231. The van der Waals surface area contributed by atoms with Crippen molar-refractivity contribution >= 4 is 0 Å². The van der Waals surface area contributed by atoms with Gasteiger partial charge in [-0.15, -0.1) is 0 Å². The fraction of sp³-hybridized carbons (Fsp3) is 1.00. The molecule has 0 amide bonds. The van der Waals surface area contributed by atoms with E-state index < -0.39 is 0 Å². The second-order valence-electron chi connectivity index (χ2n) is 6.11. The first-order chi connectivity index (χ1) is 6.71.